The van der Waals surface area contributed by atoms with Gasteiger partial charge in [-0.2, -0.15) is 0 Å². The van der Waals surface area contributed by atoms with Gasteiger partial charge in [-0.1, -0.05) is 0 Å². The molecule has 1 heterocycles. The second kappa shape index (κ2) is 1.75. The van der Waals surface area contributed by atoms with Gasteiger partial charge in [-0.15, -0.1) is 0 Å². The van der Waals surface area contributed by atoms with Gasteiger partial charge < -0.3 is 0 Å². The molecule has 16 valence electrons. The van der Waals surface area contributed by atoms with E-state index in [1.54, 1.807) is 0 Å². The first-order chi connectivity index (χ1) is 2.00. The zero-order valence-corrected chi connectivity index (χ0v) is 8.29. The molecule has 1 aliphatic heterocycles. The van der Waals surface area contributed by atoms with E-state index in [0.717, 1.165) is 10.4 Å². The van der Waals surface area contributed by atoms with Crippen molar-refractivity contribution < 1.29 is 0 Å². The van der Waals surface area contributed by atoms with Crippen LogP contribution in [-0.4, -0.2) is 38.7 Å². The molecular weight excluding hydrogens is 230 g/mol. The molecule has 0 amide bonds. The molecule has 0 saturated heterocycles. The van der Waals surface area contributed by atoms with Crippen LogP contribution in [0.3, 0.4) is 0 Å². The van der Waals surface area contributed by atoms with Gasteiger partial charge in [-0.3, -0.25) is 0 Å². The van der Waals surface area contributed by atoms with E-state index in [-0.39, 0.29) is 0 Å². The Morgan fingerprint density at radius 3 is 1.50 bits per heavy atom. The molecular formula is CGe3. The molecule has 1 aliphatic rings. The Kier molecular flexibility index (Phi) is 1.57. The van der Waals surface area contributed by atoms with Crippen LogP contribution in [0.25, 0.3) is 0 Å². The van der Waals surface area contributed by atoms with Crippen LogP contribution in [0.1, 0.15) is 0 Å². The van der Waals surface area contributed by atoms with Gasteiger partial charge in [0.15, 0.2) is 0 Å². The Labute approximate surface area is 38.5 Å². The first-order valence-electron chi connectivity index (χ1n) is 1.00. The van der Waals surface area contributed by atoms with Crippen molar-refractivity contribution in [1.29, 1.82) is 0 Å². The van der Waals surface area contributed by atoms with E-state index in [1.165, 1.54) is 0 Å². The van der Waals surface area contributed by atoms with Crippen molar-refractivity contribution in [3.63, 3.8) is 0 Å². The summed E-state index contributed by atoms with van der Waals surface area (Å²) in [5, 5.41) is 0. The molecule has 0 atom stereocenters. The van der Waals surface area contributed by atoms with Crippen LogP contribution < -0.4 is 0 Å². The summed E-state index contributed by atoms with van der Waals surface area (Å²) in [5.74, 6) is 0. The van der Waals surface area contributed by atoms with Crippen molar-refractivity contribution >= 4 is 38.7 Å². The van der Waals surface area contributed by atoms with Crippen LogP contribution in [0, 0.1) is 0 Å². The van der Waals surface area contributed by atoms with Crippen LogP contribution in [0.4, 0.5) is 0 Å². The van der Waals surface area contributed by atoms with Gasteiger partial charge in [-0.25, -0.2) is 0 Å². The van der Waals surface area contributed by atoms with E-state index in [4.69, 9.17) is 0 Å². The Balaban J connectivity index is 4.00. The minimum atomic E-state index is 0.625. The summed E-state index contributed by atoms with van der Waals surface area (Å²) in [4.78, 5) is 0. The van der Waals surface area contributed by atoms with E-state index in [1.807, 2.05) is 0 Å². The molecule has 4 heavy (non-hydrogen) atoms. The van der Waals surface area contributed by atoms with Gasteiger partial charge in [0.25, 0.3) is 0 Å². The van der Waals surface area contributed by atoms with Gasteiger partial charge in [0.1, 0.15) is 0 Å². The fourth-order valence-corrected chi connectivity index (χ4v) is 8.77. The fourth-order valence-electron chi connectivity index (χ4n) is 0.0625. The van der Waals surface area contributed by atoms with Crippen LogP contribution in [-0.2, 0) is 0 Å². The quantitative estimate of drug-likeness (QED) is 0.480. The van der Waals surface area contributed by atoms with Gasteiger partial charge in [0.05, 0.1) is 0 Å². The van der Waals surface area contributed by atoms with Crippen LogP contribution in [0.2, 0.25) is 0 Å². The third kappa shape index (κ3) is 0.676. The Morgan fingerprint density at radius 1 is 1.25 bits per heavy atom. The molecule has 0 aromatic heterocycles. The average molecular weight is 230 g/mol. The molecule has 0 nitrogen and oxygen atoms in total. The molecule has 0 saturated carbocycles. The summed E-state index contributed by atoms with van der Waals surface area (Å²) < 4.78 is 3.42. The predicted molar refractivity (Wildman–Crippen MR) is 22.3 cm³/mol. The third-order valence-corrected chi connectivity index (χ3v) is 35.1. The van der Waals surface area contributed by atoms with Crippen molar-refractivity contribution in [2.45, 2.75) is 0 Å². The Hall–Kier alpha value is 1.41. The van der Waals surface area contributed by atoms with Crippen LogP contribution in [0.5, 0.6) is 0 Å². The molecule has 0 spiro atoms. The summed E-state index contributed by atoms with van der Waals surface area (Å²) in [5.41, 5.74) is 0. The van der Waals surface area contributed by atoms with E-state index in [2.05, 4.69) is 3.28 Å². The van der Waals surface area contributed by atoms with E-state index >= 15 is 0 Å². The number of hydrogen-bond donors (Lipinski definition) is 0. The molecule has 0 aromatic rings. The average Bonchev–Trinajstić information content (AvgIpc) is 0.722. The molecule has 0 unspecified atom stereocenters. The standard InChI is InChI=1S/CGe3/c1-2-4-3-1. The second-order valence-corrected chi connectivity index (χ2v) is 27.7. The van der Waals surface area contributed by atoms with E-state index in [9.17, 15) is 0 Å². The van der Waals surface area contributed by atoms with Gasteiger partial charge >= 0.3 is 38.7 Å². The molecule has 3 heteroatoms. The van der Waals surface area contributed by atoms with Crippen molar-refractivity contribution in [1.82, 2.24) is 0 Å². The molecule has 0 N–H and O–H groups in total. The topological polar surface area (TPSA) is 0 Å². The van der Waals surface area contributed by atoms with Gasteiger partial charge in [0.2, 0.25) is 0 Å². The first kappa shape index (κ1) is 3.59. The number of hydrogen-bond acceptors (Lipinski definition) is 0. The first-order valence-corrected chi connectivity index (χ1v) is 16.1. The molecule has 0 aliphatic carbocycles. The molecule has 0 fully saturated rings. The molecule has 0 bridgehead atoms. The van der Waals surface area contributed by atoms with Crippen molar-refractivity contribution in [2.24, 2.45) is 0 Å². The normalized spacial score (nSPS) is 8.00. The summed E-state index contributed by atoms with van der Waals surface area (Å²) in [6.45, 7) is 0. The van der Waals surface area contributed by atoms with Crippen molar-refractivity contribution in [2.75, 3.05) is 0 Å². The van der Waals surface area contributed by atoms with Crippen LogP contribution >= 0.6 is 0 Å². The summed E-state index contributed by atoms with van der Waals surface area (Å²) in [7, 11) is 0.833. The third-order valence-electron chi connectivity index (χ3n) is 0.250. The van der Waals surface area contributed by atoms with Crippen LogP contribution in [0.15, 0.2) is 0 Å². The minimum absolute atomic E-state index is 0.625. The van der Waals surface area contributed by atoms with Gasteiger partial charge in [0, 0.05) is 0 Å². The monoisotopic (exact) mass is 234 g/mol. The molecule has 0 radical (unpaired) electrons. The zero-order valence-electron chi connectivity index (χ0n) is 2.00. The summed E-state index contributed by atoms with van der Waals surface area (Å²) >= 11 is 1.25. The Bertz CT molecular complexity index is 104. The van der Waals surface area contributed by atoms with Crippen molar-refractivity contribution in [3.05, 3.63) is 0 Å². The zero-order chi connectivity index (χ0) is 2.83. The maximum absolute atomic E-state index is 3.42. The van der Waals surface area contributed by atoms with E-state index < -0.39 is 0 Å². The Morgan fingerprint density at radius 2 is 1.50 bits per heavy atom. The van der Waals surface area contributed by atoms with E-state index in [0.29, 0.717) is 25.0 Å². The number of rotatable bonds is 0. The fraction of sp³-hybridized carbons (Fsp3) is 0. The molecule has 0 aromatic carbocycles. The van der Waals surface area contributed by atoms with Crippen molar-refractivity contribution in [3.8, 4) is 0 Å². The maximum atomic E-state index is 3.42. The second-order valence-electron chi connectivity index (χ2n) is 0.500. The summed E-state index contributed by atoms with van der Waals surface area (Å²) in [6.07, 6.45) is 0. The van der Waals surface area contributed by atoms with Gasteiger partial charge in [-0.05, 0) is 0 Å². The SMILES string of the molecule is [C]1=[Ge]=[Ge]=[Ge]=1. The summed E-state index contributed by atoms with van der Waals surface area (Å²) in [6, 6.07) is 0. The molecule has 1 rings (SSSR count). The predicted octanol–water partition coefficient (Wildman–Crippen LogP) is -1.42.